The van der Waals surface area contributed by atoms with Crippen molar-refractivity contribution in [1.82, 2.24) is 20.4 Å². The third-order valence-electron chi connectivity index (χ3n) is 4.09. The summed E-state index contributed by atoms with van der Waals surface area (Å²) in [5.74, 6) is 0.353. The van der Waals surface area contributed by atoms with Gasteiger partial charge in [0.1, 0.15) is 5.82 Å². The highest BCUT2D eigenvalue weighted by atomic mass is 19.1. The Morgan fingerprint density at radius 2 is 2.04 bits per heavy atom. The highest BCUT2D eigenvalue weighted by molar-refractivity contribution is 5.25. The van der Waals surface area contributed by atoms with Crippen molar-refractivity contribution in [1.29, 1.82) is 0 Å². The molecule has 23 heavy (non-hydrogen) atoms. The van der Waals surface area contributed by atoms with E-state index >= 15 is 0 Å². The summed E-state index contributed by atoms with van der Waals surface area (Å²) in [6.45, 7) is 3.02. The summed E-state index contributed by atoms with van der Waals surface area (Å²) in [6, 6.07) is 7.28. The molecule has 2 N–H and O–H groups in total. The van der Waals surface area contributed by atoms with Crippen LogP contribution in [0.4, 0.5) is 10.4 Å². The van der Waals surface area contributed by atoms with E-state index in [1.807, 2.05) is 19.2 Å². The van der Waals surface area contributed by atoms with Crippen molar-refractivity contribution >= 4 is 6.01 Å². The van der Waals surface area contributed by atoms with Gasteiger partial charge in [-0.05, 0) is 39.0 Å². The molecule has 1 aliphatic heterocycles. The van der Waals surface area contributed by atoms with Gasteiger partial charge in [0.2, 0.25) is 5.89 Å². The van der Waals surface area contributed by atoms with Crippen LogP contribution in [-0.2, 0) is 6.54 Å². The van der Waals surface area contributed by atoms with Crippen molar-refractivity contribution in [2.45, 2.75) is 25.4 Å². The first-order chi connectivity index (χ1) is 11.3. The van der Waals surface area contributed by atoms with E-state index in [0.717, 1.165) is 25.9 Å². The third-order valence-corrected chi connectivity index (χ3v) is 4.09. The van der Waals surface area contributed by atoms with E-state index in [1.54, 1.807) is 6.07 Å². The van der Waals surface area contributed by atoms with Crippen LogP contribution in [0.1, 0.15) is 30.3 Å². The van der Waals surface area contributed by atoms with Crippen LogP contribution in [0.3, 0.4) is 0 Å². The summed E-state index contributed by atoms with van der Waals surface area (Å²) >= 11 is 0. The first kappa shape index (κ1) is 15.9. The number of anilines is 1. The molecule has 1 atom stereocenters. The van der Waals surface area contributed by atoms with Gasteiger partial charge in [-0.3, -0.25) is 4.90 Å². The lowest BCUT2D eigenvalue weighted by atomic mass is 10.0. The van der Waals surface area contributed by atoms with Gasteiger partial charge in [-0.15, -0.1) is 5.10 Å². The monoisotopic (exact) mass is 319 g/mol. The van der Waals surface area contributed by atoms with Crippen LogP contribution < -0.4 is 10.6 Å². The Balaban J connectivity index is 1.72. The minimum absolute atomic E-state index is 0.0432. The largest absolute Gasteiger partial charge is 0.407 e. The summed E-state index contributed by atoms with van der Waals surface area (Å²) in [5, 5.41) is 14.0. The normalized spacial score (nSPS) is 16.6. The molecule has 7 heteroatoms. The van der Waals surface area contributed by atoms with E-state index in [1.165, 1.54) is 6.07 Å². The van der Waals surface area contributed by atoms with Gasteiger partial charge in [-0.25, -0.2) is 4.39 Å². The first-order valence-corrected chi connectivity index (χ1v) is 7.97. The average Bonchev–Trinajstić information content (AvgIpc) is 3.22. The average molecular weight is 319 g/mol. The predicted molar refractivity (Wildman–Crippen MR) is 85.5 cm³/mol. The number of hydrogen-bond donors (Lipinski definition) is 2. The topological polar surface area (TPSA) is 66.2 Å². The second-order valence-electron chi connectivity index (χ2n) is 5.69. The fourth-order valence-corrected chi connectivity index (χ4v) is 2.97. The zero-order valence-corrected chi connectivity index (χ0v) is 13.3. The van der Waals surface area contributed by atoms with Crippen LogP contribution in [0, 0.1) is 5.82 Å². The SMILES string of the molecule is CNCc1nnc(NCC(c2ccccc2F)N2CCCC2)o1. The van der Waals surface area contributed by atoms with Gasteiger partial charge in [-0.2, -0.15) is 0 Å². The number of nitrogens with one attached hydrogen (secondary N) is 2. The Bertz CT molecular complexity index is 626. The number of nitrogens with zero attached hydrogens (tertiary/aromatic N) is 3. The Morgan fingerprint density at radius 3 is 2.78 bits per heavy atom. The molecule has 1 saturated heterocycles. The van der Waals surface area contributed by atoms with Crippen LogP contribution in [-0.4, -0.2) is 41.8 Å². The third kappa shape index (κ3) is 3.86. The molecule has 1 fully saturated rings. The van der Waals surface area contributed by atoms with E-state index in [9.17, 15) is 4.39 Å². The van der Waals surface area contributed by atoms with Gasteiger partial charge in [0.05, 0.1) is 12.6 Å². The number of halogens is 1. The Hall–Kier alpha value is -1.99. The van der Waals surface area contributed by atoms with E-state index in [-0.39, 0.29) is 11.9 Å². The lowest BCUT2D eigenvalue weighted by Crippen LogP contribution is -2.31. The lowest BCUT2D eigenvalue weighted by Gasteiger charge is -2.28. The van der Waals surface area contributed by atoms with E-state index in [4.69, 9.17) is 4.42 Å². The summed E-state index contributed by atoms with van der Waals surface area (Å²) in [4.78, 5) is 2.30. The van der Waals surface area contributed by atoms with Gasteiger partial charge >= 0.3 is 6.01 Å². The molecule has 0 aliphatic carbocycles. The molecule has 124 valence electrons. The molecular formula is C16H22FN5O. The highest BCUT2D eigenvalue weighted by Gasteiger charge is 2.25. The van der Waals surface area contributed by atoms with Gasteiger partial charge < -0.3 is 15.1 Å². The van der Waals surface area contributed by atoms with Crippen molar-refractivity contribution < 1.29 is 8.81 Å². The fraction of sp³-hybridized carbons (Fsp3) is 0.500. The zero-order valence-electron chi connectivity index (χ0n) is 13.3. The summed E-state index contributed by atoms with van der Waals surface area (Å²) in [6.07, 6.45) is 2.30. The maximum Gasteiger partial charge on any atom is 0.315 e. The molecule has 6 nitrogen and oxygen atoms in total. The smallest absolute Gasteiger partial charge is 0.315 e. The molecule has 2 aromatic rings. The number of aromatic nitrogens is 2. The molecule has 1 aliphatic rings. The minimum Gasteiger partial charge on any atom is -0.407 e. The standard InChI is InChI=1S/C16H22FN5O/c1-18-11-15-20-21-16(23-15)19-10-14(22-8-4-5-9-22)12-6-2-3-7-13(12)17/h2-3,6-7,14,18H,4-5,8-11H2,1H3,(H,19,21). The van der Waals surface area contributed by atoms with Crippen molar-refractivity contribution in [2.75, 3.05) is 32.0 Å². The van der Waals surface area contributed by atoms with E-state index in [2.05, 4.69) is 25.7 Å². The molecule has 1 aromatic heterocycles. The second-order valence-corrected chi connectivity index (χ2v) is 5.69. The second kappa shape index (κ2) is 7.52. The molecule has 0 radical (unpaired) electrons. The van der Waals surface area contributed by atoms with Crippen molar-refractivity contribution in [3.05, 3.63) is 41.5 Å². The van der Waals surface area contributed by atoms with Crippen molar-refractivity contribution in [3.8, 4) is 0 Å². The number of rotatable bonds is 7. The minimum atomic E-state index is -0.174. The fourth-order valence-electron chi connectivity index (χ4n) is 2.97. The summed E-state index contributed by atoms with van der Waals surface area (Å²) < 4.78 is 19.7. The molecular weight excluding hydrogens is 297 g/mol. The molecule has 0 saturated carbocycles. The Kier molecular flexibility index (Phi) is 5.19. The van der Waals surface area contributed by atoms with E-state index < -0.39 is 0 Å². The van der Waals surface area contributed by atoms with Crippen LogP contribution >= 0.6 is 0 Å². The molecule has 0 bridgehead atoms. The Morgan fingerprint density at radius 1 is 1.26 bits per heavy atom. The quantitative estimate of drug-likeness (QED) is 0.815. The van der Waals surface area contributed by atoms with E-state index in [0.29, 0.717) is 30.6 Å². The van der Waals surface area contributed by atoms with Crippen LogP contribution in [0.2, 0.25) is 0 Å². The number of benzene rings is 1. The zero-order chi connectivity index (χ0) is 16.1. The molecule has 0 spiro atoms. The van der Waals surface area contributed by atoms with Gasteiger partial charge in [0, 0.05) is 12.1 Å². The molecule has 3 rings (SSSR count). The van der Waals surface area contributed by atoms with Crippen LogP contribution in [0.25, 0.3) is 0 Å². The molecule has 0 amide bonds. The summed E-state index contributed by atoms with van der Waals surface area (Å²) in [7, 11) is 1.82. The van der Waals surface area contributed by atoms with Gasteiger partial charge in [0.15, 0.2) is 0 Å². The molecule has 1 unspecified atom stereocenters. The van der Waals surface area contributed by atoms with Gasteiger partial charge in [-0.1, -0.05) is 23.3 Å². The number of hydrogen-bond acceptors (Lipinski definition) is 6. The molecule has 1 aromatic carbocycles. The predicted octanol–water partition coefficient (Wildman–Crippen LogP) is 2.18. The molecule has 2 heterocycles. The number of likely N-dealkylation sites (tertiary alicyclic amines) is 1. The highest BCUT2D eigenvalue weighted by Crippen LogP contribution is 2.27. The van der Waals surface area contributed by atoms with Crippen molar-refractivity contribution in [3.63, 3.8) is 0 Å². The Labute approximate surface area is 135 Å². The van der Waals surface area contributed by atoms with Gasteiger partial charge in [0.25, 0.3) is 0 Å². The maximum atomic E-state index is 14.2. The van der Waals surface area contributed by atoms with Crippen molar-refractivity contribution in [2.24, 2.45) is 0 Å². The summed E-state index contributed by atoms with van der Waals surface area (Å²) in [5.41, 5.74) is 0.705. The maximum absolute atomic E-state index is 14.2. The lowest BCUT2D eigenvalue weighted by molar-refractivity contribution is 0.249. The van der Waals surface area contributed by atoms with Crippen LogP contribution in [0.5, 0.6) is 0 Å². The first-order valence-electron chi connectivity index (χ1n) is 7.97. The van der Waals surface area contributed by atoms with Crippen LogP contribution in [0.15, 0.2) is 28.7 Å².